The molecule has 0 aliphatic rings. The Labute approximate surface area is 222 Å². The number of pyridine rings is 3. The monoisotopic (exact) mass is 543 g/mol. The molecule has 8 nitrogen and oxygen atoms in total. The number of hydrogen-bond acceptors (Lipinski definition) is 6. The van der Waals surface area contributed by atoms with Crippen molar-refractivity contribution in [2.24, 2.45) is 0 Å². The van der Waals surface area contributed by atoms with Gasteiger partial charge in [-0.15, -0.1) is 0 Å². The van der Waals surface area contributed by atoms with Crippen LogP contribution in [0.3, 0.4) is 0 Å². The van der Waals surface area contributed by atoms with Crippen molar-refractivity contribution < 1.29 is 23.0 Å². The first-order chi connectivity index (χ1) is 17.6. The normalized spacial score (nSPS) is 12.1. The number of hydrogen-bond donors (Lipinski definition) is 1. The summed E-state index contributed by atoms with van der Waals surface area (Å²) in [6.45, 7) is 6.21. The van der Waals surface area contributed by atoms with Crippen LogP contribution in [-0.2, 0) is 11.0 Å². The summed E-state index contributed by atoms with van der Waals surface area (Å²) in [5.41, 5.74) is -1.44. The molecule has 14 heteroatoms. The van der Waals surface area contributed by atoms with Crippen LogP contribution in [0.2, 0.25) is 5.02 Å². The van der Waals surface area contributed by atoms with Gasteiger partial charge in [0.2, 0.25) is 0 Å². The van der Waals surface area contributed by atoms with Crippen molar-refractivity contribution in [3.05, 3.63) is 92.3 Å². The van der Waals surface area contributed by atoms with Crippen LogP contribution in [0, 0.1) is 31.3 Å². The molecule has 0 aliphatic carbocycles. The summed E-state index contributed by atoms with van der Waals surface area (Å²) in [6.07, 6.45) is 3.68. The smallest absolute Gasteiger partial charge is 0.278 e. The van der Waals surface area contributed by atoms with Crippen molar-refractivity contribution in [1.29, 1.82) is 0 Å². The quantitative estimate of drug-likeness (QED) is 0.375. The van der Waals surface area contributed by atoms with Crippen LogP contribution in [0.15, 0.2) is 41.6 Å². The van der Waals surface area contributed by atoms with Gasteiger partial charge in [-0.1, -0.05) is 11.6 Å². The lowest BCUT2D eigenvalue weighted by molar-refractivity contribution is 0.0734. The first kappa shape index (κ1) is 27.5. The molecule has 4 rings (SSSR count). The predicted molar refractivity (Wildman–Crippen MR) is 140 cm³/mol. The molecule has 4 heterocycles. The Morgan fingerprint density at radius 2 is 1.79 bits per heavy atom. The molecule has 0 unspecified atom stereocenters. The van der Waals surface area contributed by atoms with Gasteiger partial charge in [-0.05, 0) is 39.3 Å². The highest BCUT2D eigenvalue weighted by atomic mass is 35.5. The number of nitrogens with zero attached hydrogens (tertiary/aromatic N) is 5. The Bertz CT molecular complexity index is 1620. The third kappa shape index (κ3) is 4.95. The van der Waals surface area contributed by atoms with E-state index in [1.807, 2.05) is 0 Å². The van der Waals surface area contributed by atoms with E-state index in [-0.39, 0.29) is 33.7 Å². The molecule has 4 aromatic rings. The molecular weight excluding hydrogens is 520 g/mol. The molecule has 0 spiro atoms. The molecular formula is C24H23B2ClF3N5O3. The van der Waals surface area contributed by atoms with Crippen molar-refractivity contribution in [1.82, 2.24) is 24.3 Å². The number of rotatable bonds is 6. The second-order valence-electron chi connectivity index (χ2n) is 9.83. The van der Waals surface area contributed by atoms with Gasteiger partial charge in [-0.25, -0.2) is 22.8 Å². The lowest BCUT2D eigenvalue weighted by atomic mass is 9.62. The van der Waals surface area contributed by atoms with Gasteiger partial charge in [0.25, 0.3) is 5.56 Å². The van der Waals surface area contributed by atoms with Gasteiger partial charge >= 0.3 is 0 Å². The fourth-order valence-corrected chi connectivity index (χ4v) is 4.15. The molecule has 0 bridgehead atoms. The number of halogens is 4. The Kier molecular flexibility index (Phi) is 6.96. The van der Waals surface area contributed by atoms with Crippen LogP contribution in [0.4, 0.5) is 13.2 Å². The van der Waals surface area contributed by atoms with E-state index in [1.54, 1.807) is 27.7 Å². The molecule has 4 aromatic heterocycles. The van der Waals surface area contributed by atoms with Crippen molar-refractivity contribution >= 4 is 27.3 Å². The van der Waals surface area contributed by atoms with E-state index in [0.29, 0.717) is 17.3 Å². The van der Waals surface area contributed by atoms with Gasteiger partial charge in [0.05, 0.1) is 23.0 Å². The molecule has 0 atom stereocenters. The average Bonchev–Trinajstić information content (AvgIpc) is 3.29. The highest BCUT2D eigenvalue weighted by Gasteiger charge is 2.31. The number of aromatic nitrogens is 5. The summed E-state index contributed by atoms with van der Waals surface area (Å²) >= 11 is 6.38. The lowest BCUT2D eigenvalue weighted by Crippen LogP contribution is -2.37. The van der Waals surface area contributed by atoms with Crippen molar-refractivity contribution in [2.45, 2.75) is 38.7 Å². The molecule has 0 saturated carbocycles. The van der Waals surface area contributed by atoms with Gasteiger partial charge in [0.1, 0.15) is 33.7 Å². The van der Waals surface area contributed by atoms with E-state index < -0.39 is 34.0 Å². The Balaban J connectivity index is 1.81. The maximum Gasteiger partial charge on any atom is 0.278 e. The highest BCUT2D eigenvalue weighted by Crippen LogP contribution is 2.31. The zero-order chi connectivity index (χ0) is 28.2. The molecule has 0 aliphatic heterocycles. The fraction of sp³-hybridized carbons (Fsp3) is 0.250. The van der Waals surface area contributed by atoms with Crippen LogP contribution in [0.25, 0.3) is 11.5 Å². The zero-order valence-corrected chi connectivity index (χ0v) is 22.2. The Hall–Kier alpha value is -3.57. The molecule has 196 valence electrons. The van der Waals surface area contributed by atoms with Crippen molar-refractivity contribution in [2.75, 3.05) is 0 Å². The predicted octanol–water partition coefficient (Wildman–Crippen LogP) is 2.18. The molecule has 1 N–H and O–H groups in total. The summed E-state index contributed by atoms with van der Waals surface area (Å²) < 4.78 is 51.7. The van der Waals surface area contributed by atoms with E-state index in [0.717, 1.165) is 15.4 Å². The minimum Gasteiger partial charge on any atom is -0.498 e. The third-order valence-corrected chi connectivity index (χ3v) is 6.21. The summed E-state index contributed by atoms with van der Waals surface area (Å²) in [5.74, 6) is -2.90. The van der Waals surface area contributed by atoms with E-state index in [2.05, 4.69) is 15.1 Å². The van der Waals surface area contributed by atoms with Gasteiger partial charge in [-0.3, -0.25) is 14.3 Å². The van der Waals surface area contributed by atoms with Gasteiger partial charge in [0, 0.05) is 30.2 Å². The van der Waals surface area contributed by atoms with Crippen LogP contribution >= 0.6 is 11.6 Å². The lowest BCUT2D eigenvalue weighted by Gasteiger charge is -2.28. The summed E-state index contributed by atoms with van der Waals surface area (Å²) in [4.78, 5) is 21.3. The molecule has 0 amide bonds. The average molecular weight is 544 g/mol. The SMILES string of the molecule is BC(B)(Oc1cc(C)n(-c2c(C)cnc(-n3ccc(C(C)(C)O)n3)c2F)c(=O)c1Cl)c1ncc(F)cc1F. The van der Waals surface area contributed by atoms with Crippen LogP contribution < -0.4 is 10.3 Å². The maximum absolute atomic E-state index is 15.9. The molecule has 0 fully saturated rings. The zero-order valence-electron chi connectivity index (χ0n) is 21.5. The van der Waals surface area contributed by atoms with Crippen LogP contribution in [-0.4, -0.2) is 45.1 Å². The number of ether oxygens (including phenoxy) is 1. The summed E-state index contributed by atoms with van der Waals surface area (Å²) in [7, 11) is 2.97. The van der Waals surface area contributed by atoms with Crippen molar-refractivity contribution in [3.63, 3.8) is 0 Å². The van der Waals surface area contributed by atoms with Crippen LogP contribution in [0.5, 0.6) is 5.75 Å². The third-order valence-electron chi connectivity index (χ3n) is 5.86. The standard InChI is InChI=1S/C24H23B2ClF3N5O3/c1-11-9-32-21(34-6-5-16(33-34)23(3,4)37)18(30)19(11)35-12(2)7-15(17(27)22(35)36)38-24(25,26)20-14(29)8-13(28)10-31-20/h5-10,37H,25-26H2,1-4H3. The van der Waals surface area contributed by atoms with Crippen LogP contribution in [0.1, 0.15) is 36.5 Å². The number of aryl methyl sites for hydroxylation is 2. The summed E-state index contributed by atoms with van der Waals surface area (Å²) in [6, 6.07) is 3.61. The van der Waals surface area contributed by atoms with Crippen molar-refractivity contribution in [3.8, 4) is 17.3 Å². The second-order valence-corrected chi connectivity index (χ2v) is 10.2. The number of aliphatic hydroxyl groups is 1. The largest absolute Gasteiger partial charge is 0.498 e. The highest BCUT2D eigenvalue weighted by molar-refractivity contribution is 6.39. The topological polar surface area (TPSA) is 95.1 Å². The molecule has 38 heavy (non-hydrogen) atoms. The first-order valence-corrected chi connectivity index (χ1v) is 11.9. The van der Waals surface area contributed by atoms with Gasteiger partial charge < -0.3 is 9.84 Å². The first-order valence-electron chi connectivity index (χ1n) is 11.5. The molecule has 0 aromatic carbocycles. The Morgan fingerprint density at radius 3 is 2.39 bits per heavy atom. The molecule has 0 saturated heterocycles. The second kappa shape index (κ2) is 9.63. The fourth-order valence-electron chi connectivity index (χ4n) is 3.97. The van der Waals surface area contributed by atoms with Gasteiger partial charge in [-0.2, -0.15) is 5.10 Å². The van der Waals surface area contributed by atoms with E-state index in [1.165, 1.54) is 40.2 Å². The summed E-state index contributed by atoms with van der Waals surface area (Å²) in [5, 5.41) is 12.6. The van der Waals surface area contributed by atoms with E-state index >= 15 is 4.39 Å². The molecule has 0 radical (unpaired) electrons. The van der Waals surface area contributed by atoms with E-state index in [9.17, 15) is 18.7 Å². The maximum atomic E-state index is 15.9. The van der Waals surface area contributed by atoms with E-state index in [4.69, 9.17) is 16.3 Å². The minimum atomic E-state index is -1.43. The minimum absolute atomic E-state index is 0.0878. The Morgan fingerprint density at radius 1 is 1.11 bits per heavy atom. The van der Waals surface area contributed by atoms with Gasteiger partial charge in [0.15, 0.2) is 27.3 Å².